The molecule has 26 heavy (non-hydrogen) atoms. The van der Waals surface area contributed by atoms with E-state index in [0.717, 1.165) is 24.0 Å². The number of carbonyl (C=O) groups is 2. The van der Waals surface area contributed by atoms with Crippen LogP contribution >= 0.6 is 0 Å². The van der Waals surface area contributed by atoms with Gasteiger partial charge in [0.15, 0.2) is 0 Å². The first-order valence-electron chi connectivity index (χ1n) is 9.12. The number of hydrogen-bond acceptors (Lipinski definition) is 3. The second-order valence-corrected chi connectivity index (χ2v) is 6.75. The van der Waals surface area contributed by atoms with E-state index >= 15 is 0 Å². The fourth-order valence-corrected chi connectivity index (χ4v) is 4.24. The molecule has 1 fully saturated rings. The number of ether oxygens (including phenoxy) is 1. The summed E-state index contributed by atoms with van der Waals surface area (Å²) < 4.78 is 5.30. The summed E-state index contributed by atoms with van der Waals surface area (Å²) in [6.45, 7) is 2.00. The van der Waals surface area contributed by atoms with Crippen molar-refractivity contribution in [1.29, 1.82) is 0 Å². The summed E-state index contributed by atoms with van der Waals surface area (Å²) in [4.78, 5) is 25.0. The minimum absolute atomic E-state index is 0.142. The van der Waals surface area contributed by atoms with Crippen LogP contribution in [0.1, 0.15) is 42.7 Å². The van der Waals surface area contributed by atoms with Crippen molar-refractivity contribution in [2.75, 3.05) is 6.61 Å². The third-order valence-corrected chi connectivity index (χ3v) is 5.34. The molecule has 0 heterocycles. The van der Waals surface area contributed by atoms with Gasteiger partial charge in [0, 0.05) is 0 Å². The van der Waals surface area contributed by atoms with Crippen molar-refractivity contribution in [2.24, 2.45) is 11.8 Å². The largest absolute Gasteiger partial charge is 0.481 e. The molecule has 1 saturated carbocycles. The molecule has 0 bridgehead atoms. The van der Waals surface area contributed by atoms with E-state index in [4.69, 9.17) is 4.74 Å². The van der Waals surface area contributed by atoms with E-state index in [1.54, 1.807) is 6.92 Å². The molecule has 3 rings (SSSR count). The number of aliphatic carboxylic acids is 1. The maximum Gasteiger partial charge on any atom is 0.310 e. The van der Waals surface area contributed by atoms with Crippen LogP contribution < -0.4 is 0 Å². The van der Waals surface area contributed by atoms with Gasteiger partial charge < -0.3 is 9.84 Å². The topological polar surface area (TPSA) is 63.6 Å². The Bertz CT molecular complexity index is 741. The maximum absolute atomic E-state index is 12.8. The number of benzene rings is 2. The zero-order valence-electron chi connectivity index (χ0n) is 14.9. The molecule has 0 spiro atoms. The predicted octanol–water partition coefficient (Wildman–Crippen LogP) is 4.23. The predicted molar refractivity (Wildman–Crippen MR) is 98.8 cm³/mol. The SMILES string of the molecule is CCOC(=O)[C@@H]1[C@@H](C(=O)O)[C@H](c2ccccc2)CC[C@@H]1c1ccccc1. The molecule has 4 atom stereocenters. The monoisotopic (exact) mass is 352 g/mol. The maximum atomic E-state index is 12.8. The molecule has 0 radical (unpaired) electrons. The quantitative estimate of drug-likeness (QED) is 0.818. The van der Waals surface area contributed by atoms with E-state index in [2.05, 4.69) is 0 Å². The zero-order valence-corrected chi connectivity index (χ0v) is 14.9. The smallest absolute Gasteiger partial charge is 0.310 e. The average Bonchev–Trinajstić information content (AvgIpc) is 2.68. The van der Waals surface area contributed by atoms with Crippen LogP contribution in [0.15, 0.2) is 60.7 Å². The van der Waals surface area contributed by atoms with Gasteiger partial charge >= 0.3 is 11.9 Å². The second-order valence-electron chi connectivity index (χ2n) is 6.75. The minimum Gasteiger partial charge on any atom is -0.481 e. The fraction of sp³-hybridized carbons (Fsp3) is 0.364. The van der Waals surface area contributed by atoms with E-state index < -0.39 is 23.8 Å². The third-order valence-electron chi connectivity index (χ3n) is 5.34. The van der Waals surface area contributed by atoms with E-state index in [1.807, 2.05) is 60.7 Å². The summed E-state index contributed by atoms with van der Waals surface area (Å²) in [6, 6.07) is 19.4. The van der Waals surface area contributed by atoms with E-state index in [9.17, 15) is 14.7 Å². The Hall–Kier alpha value is -2.62. The normalized spacial score (nSPS) is 25.4. The van der Waals surface area contributed by atoms with Gasteiger partial charge in [-0.05, 0) is 42.7 Å². The molecular weight excluding hydrogens is 328 g/mol. The second kappa shape index (κ2) is 8.17. The Labute approximate surface area is 153 Å². The van der Waals surface area contributed by atoms with Gasteiger partial charge in [0.2, 0.25) is 0 Å². The Morgan fingerprint density at radius 2 is 1.35 bits per heavy atom. The van der Waals surface area contributed by atoms with Gasteiger partial charge in [0.1, 0.15) is 0 Å². The molecular formula is C22H24O4. The summed E-state index contributed by atoms with van der Waals surface area (Å²) in [5.74, 6) is -3.16. The van der Waals surface area contributed by atoms with Gasteiger partial charge in [-0.3, -0.25) is 9.59 Å². The fourth-order valence-electron chi connectivity index (χ4n) is 4.24. The van der Waals surface area contributed by atoms with Gasteiger partial charge in [0.05, 0.1) is 18.4 Å². The Morgan fingerprint density at radius 1 is 0.885 bits per heavy atom. The molecule has 4 heteroatoms. The first kappa shape index (κ1) is 18.2. The van der Waals surface area contributed by atoms with Crippen LogP contribution in [0, 0.1) is 11.8 Å². The third kappa shape index (κ3) is 3.64. The van der Waals surface area contributed by atoms with Crippen molar-refractivity contribution >= 4 is 11.9 Å². The molecule has 0 amide bonds. The van der Waals surface area contributed by atoms with Crippen molar-refractivity contribution in [1.82, 2.24) is 0 Å². The highest BCUT2D eigenvalue weighted by atomic mass is 16.5. The van der Waals surface area contributed by atoms with Gasteiger partial charge in [0.25, 0.3) is 0 Å². The molecule has 4 nitrogen and oxygen atoms in total. The van der Waals surface area contributed by atoms with Gasteiger partial charge in [-0.25, -0.2) is 0 Å². The molecule has 1 aliphatic rings. The summed E-state index contributed by atoms with van der Waals surface area (Å²) in [7, 11) is 0. The average molecular weight is 352 g/mol. The standard InChI is InChI=1S/C22H24O4/c1-2-26-22(25)20-18(16-11-7-4-8-12-16)14-13-17(19(20)21(23)24)15-9-5-3-6-10-15/h3-12,17-20H,2,13-14H2,1H3,(H,23,24)/t17-,18+,19-,20-/m0/s1. The van der Waals surface area contributed by atoms with Gasteiger partial charge in [-0.1, -0.05) is 60.7 Å². The summed E-state index contributed by atoms with van der Waals surface area (Å²) in [5.41, 5.74) is 1.98. The van der Waals surface area contributed by atoms with Crippen molar-refractivity contribution in [3.05, 3.63) is 71.8 Å². The molecule has 1 N–H and O–H groups in total. The first-order chi connectivity index (χ1) is 12.6. The van der Waals surface area contributed by atoms with Crippen LogP contribution in [0.3, 0.4) is 0 Å². The van der Waals surface area contributed by atoms with E-state index in [-0.39, 0.29) is 18.4 Å². The van der Waals surface area contributed by atoms with Crippen molar-refractivity contribution < 1.29 is 19.4 Å². The number of esters is 1. The summed E-state index contributed by atoms with van der Waals surface area (Å²) in [6.07, 6.45) is 1.49. The molecule has 136 valence electrons. The van der Waals surface area contributed by atoms with Gasteiger partial charge in [-0.2, -0.15) is 0 Å². The molecule has 0 saturated heterocycles. The minimum atomic E-state index is -0.933. The number of carbonyl (C=O) groups excluding carboxylic acids is 1. The summed E-state index contributed by atoms with van der Waals surface area (Å²) >= 11 is 0. The molecule has 1 aliphatic carbocycles. The number of carboxylic acids is 1. The highest BCUT2D eigenvalue weighted by Gasteiger charge is 2.48. The van der Waals surface area contributed by atoms with Crippen LogP contribution in [0.5, 0.6) is 0 Å². The van der Waals surface area contributed by atoms with E-state index in [0.29, 0.717) is 0 Å². The molecule has 0 unspecified atom stereocenters. The van der Waals surface area contributed by atoms with Crippen LogP contribution in [0.2, 0.25) is 0 Å². The summed E-state index contributed by atoms with van der Waals surface area (Å²) in [5, 5.41) is 10.0. The van der Waals surface area contributed by atoms with Crippen molar-refractivity contribution in [3.63, 3.8) is 0 Å². The van der Waals surface area contributed by atoms with Gasteiger partial charge in [-0.15, -0.1) is 0 Å². The van der Waals surface area contributed by atoms with Crippen LogP contribution in [-0.4, -0.2) is 23.7 Å². The molecule has 2 aromatic carbocycles. The van der Waals surface area contributed by atoms with Crippen molar-refractivity contribution in [2.45, 2.75) is 31.6 Å². The lowest BCUT2D eigenvalue weighted by atomic mass is 9.63. The van der Waals surface area contributed by atoms with Crippen LogP contribution in [0.25, 0.3) is 0 Å². The lowest BCUT2D eigenvalue weighted by Crippen LogP contribution is -2.42. The first-order valence-corrected chi connectivity index (χ1v) is 9.12. The molecule has 0 aromatic heterocycles. The Morgan fingerprint density at radius 3 is 1.77 bits per heavy atom. The van der Waals surface area contributed by atoms with Crippen LogP contribution in [-0.2, 0) is 14.3 Å². The highest BCUT2D eigenvalue weighted by Crippen LogP contribution is 2.48. The Kier molecular flexibility index (Phi) is 5.71. The molecule has 2 aromatic rings. The molecule has 0 aliphatic heterocycles. The van der Waals surface area contributed by atoms with E-state index in [1.165, 1.54) is 0 Å². The van der Waals surface area contributed by atoms with Crippen molar-refractivity contribution in [3.8, 4) is 0 Å². The number of hydrogen-bond donors (Lipinski definition) is 1. The zero-order chi connectivity index (χ0) is 18.5. The Balaban J connectivity index is 2.03. The lowest BCUT2D eigenvalue weighted by Gasteiger charge is -2.40. The highest BCUT2D eigenvalue weighted by molar-refractivity contribution is 5.83. The number of carboxylic acid groups (broad SMARTS) is 1. The number of rotatable bonds is 5. The van der Waals surface area contributed by atoms with Crippen LogP contribution in [0.4, 0.5) is 0 Å². The lowest BCUT2D eigenvalue weighted by molar-refractivity contribution is -0.161.